The normalized spacial score (nSPS) is 28.6. The Bertz CT molecular complexity index is 852. The van der Waals surface area contributed by atoms with Crippen molar-refractivity contribution in [1.29, 1.82) is 0 Å². The highest BCUT2D eigenvalue weighted by Gasteiger charge is 2.37. The van der Waals surface area contributed by atoms with Gasteiger partial charge in [0.1, 0.15) is 29.6 Å². The number of imidazole rings is 1. The van der Waals surface area contributed by atoms with Gasteiger partial charge in [-0.15, -0.1) is 0 Å². The first kappa shape index (κ1) is 17.8. The number of anilines is 1. The van der Waals surface area contributed by atoms with Crippen LogP contribution in [0.25, 0.3) is 0 Å². The second-order valence-corrected chi connectivity index (χ2v) is 6.77. The molecule has 2 aliphatic rings. The number of amidine groups is 1. The van der Waals surface area contributed by atoms with E-state index in [-0.39, 0.29) is 18.5 Å². The number of para-hydroxylation sites is 1. The van der Waals surface area contributed by atoms with Gasteiger partial charge in [0.2, 0.25) is 0 Å². The van der Waals surface area contributed by atoms with Crippen molar-refractivity contribution in [3.8, 4) is 5.75 Å². The molecule has 9 heteroatoms. The molecule has 0 bridgehead atoms. The second-order valence-electron chi connectivity index (χ2n) is 6.77. The summed E-state index contributed by atoms with van der Waals surface area (Å²) < 4.78 is 7.56. The molecule has 4 atom stereocenters. The molecule has 1 aromatic heterocycles. The largest absolute Gasteiger partial charge is 0.508 e. The van der Waals surface area contributed by atoms with Gasteiger partial charge >= 0.3 is 0 Å². The molecular formula is C18H23N5O4. The zero-order valence-electron chi connectivity index (χ0n) is 14.9. The lowest BCUT2D eigenvalue weighted by Gasteiger charge is -2.27. The van der Waals surface area contributed by atoms with Crippen molar-refractivity contribution < 1.29 is 20.1 Å². The summed E-state index contributed by atoms with van der Waals surface area (Å²) >= 11 is 0. The lowest BCUT2D eigenvalue weighted by Crippen LogP contribution is -2.44. The molecule has 0 saturated carbocycles. The van der Waals surface area contributed by atoms with Crippen LogP contribution in [0.5, 0.6) is 5.75 Å². The Hall–Kier alpha value is -2.62. The summed E-state index contributed by atoms with van der Waals surface area (Å²) in [5.41, 5.74) is 1.38. The molecule has 1 aromatic carbocycles. The number of ether oxygens (including phenoxy) is 1. The van der Waals surface area contributed by atoms with Crippen LogP contribution in [-0.2, 0) is 11.3 Å². The number of nitrogens with zero attached hydrogens (tertiary/aromatic N) is 3. The molecule has 144 valence electrons. The van der Waals surface area contributed by atoms with E-state index >= 15 is 0 Å². The summed E-state index contributed by atoms with van der Waals surface area (Å²) in [6.45, 7) is 2.04. The average Bonchev–Trinajstić information content (AvgIpc) is 3.23. The number of fused-ring (bicyclic) bond motifs is 1. The number of aromatic nitrogens is 2. The van der Waals surface area contributed by atoms with Crippen LogP contribution in [0.4, 0.5) is 5.82 Å². The lowest BCUT2D eigenvalue weighted by molar-refractivity contribution is -0.0437. The van der Waals surface area contributed by atoms with E-state index in [1.807, 2.05) is 23.6 Å². The predicted molar refractivity (Wildman–Crippen MR) is 98.4 cm³/mol. The number of aromatic hydroxyl groups is 1. The first-order valence-corrected chi connectivity index (χ1v) is 8.92. The van der Waals surface area contributed by atoms with Crippen LogP contribution in [0.3, 0.4) is 0 Å². The average molecular weight is 373 g/mol. The quantitative estimate of drug-likeness (QED) is 0.530. The van der Waals surface area contributed by atoms with E-state index in [9.17, 15) is 15.3 Å². The molecule has 27 heavy (non-hydrogen) atoms. The van der Waals surface area contributed by atoms with Crippen LogP contribution in [0.15, 0.2) is 35.6 Å². The molecule has 1 fully saturated rings. The van der Waals surface area contributed by atoms with Gasteiger partial charge in [-0.2, -0.15) is 0 Å². The first-order chi connectivity index (χ1) is 13.1. The summed E-state index contributed by atoms with van der Waals surface area (Å²) in [6, 6.07) is 7.08. The van der Waals surface area contributed by atoms with Gasteiger partial charge in [0.05, 0.1) is 31.7 Å². The summed E-state index contributed by atoms with van der Waals surface area (Å²) in [5.74, 6) is 1.57. The molecule has 0 spiro atoms. The van der Waals surface area contributed by atoms with E-state index in [2.05, 4.69) is 20.6 Å². The van der Waals surface area contributed by atoms with E-state index in [1.54, 1.807) is 18.5 Å². The molecule has 9 nitrogen and oxygen atoms in total. The Morgan fingerprint density at radius 2 is 2.15 bits per heavy atom. The molecule has 0 amide bonds. The molecule has 2 aliphatic heterocycles. The van der Waals surface area contributed by atoms with Crippen molar-refractivity contribution in [2.45, 2.75) is 44.5 Å². The number of hydrogen-bond donors (Lipinski definition) is 5. The number of nitrogens with one attached hydrogen (secondary N) is 2. The molecule has 4 rings (SSSR count). The van der Waals surface area contributed by atoms with Gasteiger partial charge < -0.3 is 30.7 Å². The lowest BCUT2D eigenvalue weighted by atomic mass is 10.2. The van der Waals surface area contributed by atoms with Crippen molar-refractivity contribution in [3.63, 3.8) is 0 Å². The molecule has 1 saturated heterocycles. The van der Waals surface area contributed by atoms with E-state index < -0.39 is 18.4 Å². The topological polar surface area (TPSA) is 124 Å². The zero-order chi connectivity index (χ0) is 19.0. The standard InChI is InChI=1S/C18H23N5O4/c1-10-21-17(19-7-11-4-2-3-5-12(11)25)16-18(22-10)23(9-20-16)15-6-13(26)14(8-24)27-15/h2-5,9-10,13-15,22,24-26H,6-8H2,1H3,(H,19,21)/t10?,13?,14-,15-/m1/s1. The van der Waals surface area contributed by atoms with Crippen molar-refractivity contribution in [2.24, 2.45) is 4.99 Å². The number of aliphatic hydroxyl groups excluding tert-OH is 2. The monoisotopic (exact) mass is 373 g/mol. The Morgan fingerprint density at radius 1 is 1.33 bits per heavy atom. The third kappa shape index (κ3) is 3.36. The van der Waals surface area contributed by atoms with Crippen LogP contribution in [-0.4, -0.2) is 55.7 Å². The number of phenols is 1. The smallest absolute Gasteiger partial charge is 0.153 e. The van der Waals surface area contributed by atoms with Gasteiger partial charge in [0.25, 0.3) is 0 Å². The molecule has 2 unspecified atom stereocenters. The van der Waals surface area contributed by atoms with Gasteiger partial charge in [0, 0.05) is 12.0 Å². The second kappa shape index (κ2) is 7.18. The highest BCUT2D eigenvalue weighted by atomic mass is 16.5. The fourth-order valence-electron chi connectivity index (χ4n) is 3.39. The van der Waals surface area contributed by atoms with Gasteiger partial charge in [-0.05, 0) is 13.0 Å². The van der Waals surface area contributed by atoms with Crippen molar-refractivity contribution in [2.75, 3.05) is 11.9 Å². The maximum absolute atomic E-state index is 10.0. The zero-order valence-corrected chi connectivity index (χ0v) is 14.9. The van der Waals surface area contributed by atoms with Crippen LogP contribution in [0.2, 0.25) is 0 Å². The third-order valence-corrected chi connectivity index (χ3v) is 4.82. The highest BCUT2D eigenvalue weighted by Crippen LogP contribution is 2.33. The van der Waals surface area contributed by atoms with Crippen molar-refractivity contribution >= 4 is 11.7 Å². The molecule has 5 N–H and O–H groups in total. The van der Waals surface area contributed by atoms with Crippen LogP contribution >= 0.6 is 0 Å². The van der Waals surface area contributed by atoms with E-state index in [0.717, 1.165) is 11.4 Å². The predicted octanol–water partition coefficient (Wildman–Crippen LogP) is 0.537. The van der Waals surface area contributed by atoms with Gasteiger partial charge in [-0.25, -0.2) is 4.98 Å². The number of hydrogen-bond acceptors (Lipinski definition) is 7. The fraction of sp³-hybridized carbons (Fsp3) is 0.444. The Morgan fingerprint density at radius 3 is 2.89 bits per heavy atom. The SMILES string of the molecule is CC1NC(=NCc2ccccc2O)c2ncn([C@H]3CC(O)[C@@H](CO)O3)c2N1. The van der Waals surface area contributed by atoms with Crippen molar-refractivity contribution in [3.05, 3.63) is 41.9 Å². The minimum absolute atomic E-state index is 0.0870. The van der Waals surface area contributed by atoms with Crippen molar-refractivity contribution in [1.82, 2.24) is 14.9 Å². The minimum atomic E-state index is -0.716. The van der Waals surface area contributed by atoms with Crippen LogP contribution in [0, 0.1) is 0 Å². The van der Waals surface area contributed by atoms with Gasteiger partial charge in [0.15, 0.2) is 5.84 Å². The molecule has 0 radical (unpaired) electrons. The number of rotatable bonds is 4. The molecule has 0 aliphatic carbocycles. The van der Waals surface area contributed by atoms with E-state index in [0.29, 0.717) is 24.5 Å². The van der Waals surface area contributed by atoms with Crippen LogP contribution < -0.4 is 10.6 Å². The Kier molecular flexibility index (Phi) is 4.73. The van der Waals surface area contributed by atoms with Crippen LogP contribution in [0.1, 0.15) is 30.8 Å². The molecular weight excluding hydrogens is 350 g/mol. The van der Waals surface area contributed by atoms with Gasteiger partial charge in [-0.1, -0.05) is 18.2 Å². The first-order valence-electron chi connectivity index (χ1n) is 8.92. The summed E-state index contributed by atoms with van der Waals surface area (Å²) in [4.78, 5) is 9.04. The van der Waals surface area contributed by atoms with E-state index in [4.69, 9.17) is 4.74 Å². The van der Waals surface area contributed by atoms with E-state index in [1.165, 1.54) is 0 Å². The maximum Gasteiger partial charge on any atom is 0.153 e. The molecule has 3 heterocycles. The summed E-state index contributed by atoms with van der Waals surface area (Å²) in [5, 5.41) is 35.8. The Balaban J connectivity index is 1.61. The highest BCUT2D eigenvalue weighted by molar-refractivity contribution is 6.03. The fourth-order valence-corrected chi connectivity index (χ4v) is 3.39. The summed E-state index contributed by atoms with van der Waals surface area (Å²) in [7, 11) is 0. The third-order valence-electron chi connectivity index (χ3n) is 4.82. The maximum atomic E-state index is 10.0. The van der Waals surface area contributed by atoms with Gasteiger partial charge in [-0.3, -0.25) is 9.56 Å². The number of benzene rings is 1. The number of phenolic OH excluding ortho intramolecular Hbond substituents is 1. The molecule has 2 aromatic rings. The Labute approximate surface area is 156 Å². The number of aliphatic imine (C=N–C) groups is 1. The summed E-state index contributed by atoms with van der Waals surface area (Å²) in [6.07, 6.45) is 0.209. The minimum Gasteiger partial charge on any atom is -0.508 e. The number of aliphatic hydroxyl groups is 2.